The summed E-state index contributed by atoms with van der Waals surface area (Å²) in [5, 5.41) is 2.75. The van der Waals surface area contributed by atoms with Crippen LogP contribution in [0.15, 0.2) is 24.4 Å². The number of pyridine rings is 2. The number of hydrogen-bond donors (Lipinski definition) is 1. The molecule has 1 fully saturated rings. The lowest BCUT2D eigenvalue weighted by atomic mass is 10.1. The monoisotopic (exact) mass is 421 g/mol. The lowest BCUT2D eigenvalue weighted by molar-refractivity contribution is -0.154. The van der Waals surface area contributed by atoms with Crippen molar-refractivity contribution in [1.29, 1.82) is 0 Å². The van der Waals surface area contributed by atoms with Crippen LogP contribution in [0.3, 0.4) is 0 Å². The van der Waals surface area contributed by atoms with Crippen LogP contribution in [-0.4, -0.2) is 34.4 Å². The van der Waals surface area contributed by atoms with E-state index in [-0.39, 0.29) is 36.5 Å². The van der Waals surface area contributed by atoms with E-state index < -0.39 is 12.8 Å². The number of aryl methyl sites for hydroxylation is 2. The van der Waals surface area contributed by atoms with Gasteiger partial charge in [-0.05, 0) is 50.5 Å². The first kappa shape index (κ1) is 21.7. The highest BCUT2D eigenvalue weighted by atomic mass is 19.4. The molecular weight excluding hydrogens is 399 g/mol. The molecule has 0 bridgehead atoms. The molecule has 3 rings (SSSR count). The lowest BCUT2D eigenvalue weighted by Crippen LogP contribution is -2.24. The molecule has 30 heavy (non-hydrogen) atoms. The van der Waals surface area contributed by atoms with E-state index in [4.69, 9.17) is 0 Å². The van der Waals surface area contributed by atoms with Crippen molar-refractivity contribution in [2.45, 2.75) is 45.8 Å². The van der Waals surface area contributed by atoms with Crippen LogP contribution in [0.5, 0.6) is 5.88 Å². The van der Waals surface area contributed by atoms with Gasteiger partial charge in [-0.15, -0.1) is 0 Å². The van der Waals surface area contributed by atoms with Gasteiger partial charge in [-0.1, -0.05) is 0 Å². The number of ether oxygens (including phenoxy) is 1. The number of alkyl halides is 3. The summed E-state index contributed by atoms with van der Waals surface area (Å²) in [6.45, 7) is 2.07. The second kappa shape index (κ2) is 8.81. The van der Waals surface area contributed by atoms with E-state index in [1.54, 1.807) is 32.0 Å². The minimum Gasteiger partial charge on any atom is -0.468 e. The first-order chi connectivity index (χ1) is 14.1. The van der Waals surface area contributed by atoms with Gasteiger partial charge in [0.1, 0.15) is 5.78 Å². The highest BCUT2D eigenvalue weighted by Gasteiger charge is 2.30. The van der Waals surface area contributed by atoms with Crippen LogP contribution in [0, 0.1) is 19.8 Å². The summed E-state index contributed by atoms with van der Waals surface area (Å²) >= 11 is 0. The number of amides is 1. The second-order valence-electron chi connectivity index (χ2n) is 7.46. The molecule has 6 nitrogen and oxygen atoms in total. The van der Waals surface area contributed by atoms with Crippen molar-refractivity contribution >= 4 is 11.7 Å². The van der Waals surface area contributed by atoms with Gasteiger partial charge in [0.05, 0.1) is 0 Å². The zero-order valence-corrected chi connectivity index (χ0v) is 16.7. The summed E-state index contributed by atoms with van der Waals surface area (Å²) in [6.07, 6.45) is -1.02. The Morgan fingerprint density at radius 3 is 2.57 bits per heavy atom. The van der Waals surface area contributed by atoms with E-state index in [1.165, 1.54) is 6.20 Å². The van der Waals surface area contributed by atoms with E-state index >= 15 is 0 Å². The maximum absolute atomic E-state index is 12.5. The first-order valence-electron chi connectivity index (χ1n) is 9.54. The quantitative estimate of drug-likeness (QED) is 0.706. The Morgan fingerprint density at radius 2 is 1.93 bits per heavy atom. The van der Waals surface area contributed by atoms with Crippen molar-refractivity contribution in [3.05, 3.63) is 52.5 Å². The number of rotatable bonds is 8. The normalized spacial score (nSPS) is 13.8. The number of Topliss-reactive ketones (excluding diaryl/α,β-unsaturated/α-hetero) is 1. The molecule has 1 amide bonds. The second-order valence-corrected chi connectivity index (χ2v) is 7.46. The summed E-state index contributed by atoms with van der Waals surface area (Å²) in [4.78, 5) is 32.8. The van der Waals surface area contributed by atoms with Crippen molar-refractivity contribution in [3.63, 3.8) is 0 Å². The first-order valence-corrected chi connectivity index (χ1v) is 9.54. The maximum atomic E-state index is 12.5. The highest BCUT2D eigenvalue weighted by Crippen LogP contribution is 2.30. The summed E-state index contributed by atoms with van der Waals surface area (Å²) in [7, 11) is 0. The Balaban J connectivity index is 1.60. The van der Waals surface area contributed by atoms with Gasteiger partial charge >= 0.3 is 6.18 Å². The molecule has 160 valence electrons. The third-order valence-corrected chi connectivity index (χ3v) is 4.57. The van der Waals surface area contributed by atoms with E-state index in [0.717, 1.165) is 12.8 Å². The molecule has 1 aliphatic rings. The van der Waals surface area contributed by atoms with Crippen molar-refractivity contribution in [3.8, 4) is 5.88 Å². The van der Waals surface area contributed by atoms with Crippen molar-refractivity contribution < 1.29 is 27.5 Å². The fourth-order valence-corrected chi connectivity index (χ4v) is 2.99. The van der Waals surface area contributed by atoms with E-state index in [1.807, 2.05) is 0 Å². The minimum atomic E-state index is -4.44. The van der Waals surface area contributed by atoms with Crippen LogP contribution in [0.1, 0.15) is 45.7 Å². The molecule has 0 spiro atoms. The Bertz CT molecular complexity index is 956. The number of halogens is 3. The summed E-state index contributed by atoms with van der Waals surface area (Å²) < 4.78 is 41.5. The molecule has 2 heterocycles. The standard InChI is InChI=1S/C21H22F3N3O3/c1-12-5-14(10-26-20(12)30-11-21(22,23)24)9-25-19(29)16-6-13(2)27-17(7-16)8-18(28)15-3-4-15/h5-7,10,15H,3-4,8-9,11H2,1-2H3,(H,25,29). The Labute approximate surface area is 171 Å². The Kier molecular flexibility index (Phi) is 6.38. The van der Waals surface area contributed by atoms with Crippen molar-refractivity contribution in [1.82, 2.24) is 15.3 Å². The SMILES string of the molecule is Cc1cc(C(=O)NCc2cnc(OCC(F)(F)F)c(C)c2)cc(CC(=O)C2CC2)n1. The van der Waals surface area contributed by atoms with Gasteiger partial charge in [-0.25, -0.2) is 4.98 Å². The maximum Gasteiger partial charge on any atom is 0.422 e. The summed E-state index contributed by atoms with van der Waals surface area (Å²) in [5.74, 6) is -0.162. The third kappa shape index (κ3) is 6.27. The van der Waals surface area contributed by atoms with Crippen molar-refractivity contribution in [2.75, 3.05) is 6.61 Å². The average Bonchev–Trinajstić information content (AvgIpc) is 3.49. The molecular formula is C21H22F3N3O3. The van der Waals surface area contributed by atoms with Gasteiger partial charge in [0.2, 0.25) is 5.88 Å². The van der Waals surface area contributed by atoms with Crippen LogP contribution < -0.4 is 10.1 Å². The van der Waals surface area contributed by atoms with Crippen molar-refractivity contribution in [2.24, 2.45) is 5.92 Å². The molecule has 0 unspecified atom stereocenters. The van der Waals surface area contributed by atoms with Crippen LogP contribution in [0.4, 0.5) is 13.2 Å². The topological polar surface area (TPSA) is 81.2 Å². The summed E-state index contributed by atoms with van der Waals surface area (Å²) in [6, 6.07) is 4.86. The molecule has 0 radical (unpaired) electrons. The zero-order chi connectivity index (χ0) is 21.9. The predicted molar refractivity (Wildman–Crippen MR) is 102 cm³/mol. The van der Waals surface area contributed by atoms with Crippen LogP contribution >= 0.6 is 0 Å². The molecule has 0 aliphatic heterocycles. The van der Waals surface area contributed by atoms with Crippen LogP contribution in [0.25, 0.3) is 0 Å². The van der Waals surface area contributed by atoms with Gasteiger partial charge in [0, 0.05) is 47.6 Å². The number of aromatic nitrogens is 2. The van der Waals surface area contributed by atoms with Gasteiger partial charge in [0.15, 0.2) is 6.61 Å². The van der Waals surface area contributed by atoms with Crippen LogP contribution in [0.2, 0.25) is 0 Å². The predicted octanol–water partition coefficient (Wildman–Crippen LogP) is 3.49. The van der Waals surface area contributed by atoms with E-state index in [2.05, 4.69) is 20.0 Å². The zero-order valence-electron chi connectivity index (χ0n) is 16.7. The number of ketones is 1. The Morgan fingerprint density at radius 1 is 1.20 bits per heavy atom. The Hall–Kier alpha value is -2.97. The molecule has 1 saturated carbocycles. The smallest absolute Gasteiger partial charge is 0.422 e. The molecule has 9 heteroatoms. The lowest BCUT2D eigenvalue weighted by Gasteiger charge is -2.12. The number of hydrogen-bond acceptors (Lipinski definition) is 5. The van der Waals surface area contributed by atoms with Gasteiger partial charge < -0.3 is 10.1 Å². The number of nitrogens with zero attached hydrogens (tertiary/aromatic N) is 2. The van der Waals surface area contributed by atoms with E-state index in [0.29, 0.717) is 28.1 Å². The van der Waals surface area contributed by atoms with Crippen LogP contribution in [-0.2, 0) is 17.8 Å². The highest BCUT2D eigenvalue weighted by molar-refractivity contribution is 5.94. The molecule has 2 aromatic heterocycles. The fourth-order valence-electron chi connectivity index (χ4n) is 2.99. The molecule has 1 N–H and O–H groups in total. The number of carbonyl (C=O) groups is 2. The molecule has 0 aromatic carbocycles. The molecule has 0 saturated heterocycles. The molecule has 0 atom stereocenters. The summed E-state index contributed by atoms with van der Waals surface area (Å²) in [5.41, 5.74) is 2.67. The van der Waals surface area contributed by atoms with Gasteiger partial charge in [-0.2, -0.15) is 13.2 Å². The molecule has 1 aliphatic carbocycles. The van der Waals surface area contributed by atoms with Gasteiger partial charge in [0.25, 0.3) is 5.91 Å². The number of carbonyl (C=O) groups excluding carboxylic acids is 2. The average molecular weight is 421 g/mol. The third-order valence-electron chi connectivity index (χ3n) is 4.57. The number of nitrogens with one attached hydrogen (secondary N) is 1. The van der Waals surface area contributed by atoms with Gasteiger partial charge in [-0.3, -0.25) is 14.6 Å². The fraction of sp³-hybridized carbons (Fsp3) is 0.429. The van der Waals surface area contributed by atoms with E-state index in [9.17, 15) is 22.8 Å². The largest absolute Gasteiger partial charge is 0.468 e. The molecule has 2 aromatic rings. The minimum absolute atomic E-state index is 0.0999.